The van der Waals surface area contributed by atoms with Crippen LogP contribution < -0.4 is 9.80 Å². The number of nitrogens with zero attached hydrogens (tertiary/aromatic N) is 2. The highest BCUT2D eigenvalue weighted by atomic mass is 16.3. The molecule has 298 valence electrons. The highest BCUT2D eigenvalue weighted by Gasteiger charge is 2.50. The summed E-state index contributed by atoms with van der Waals surface area (Å²) in [5.74, 6) is 1.97. The number of anilines is 6. The van der Waals surface area contributed by atoms with Crippen LogP contribution in [0.4, 0.5) is 34.1 Å². The maximum atomic E-state index is 7.16. The second-order valence-electron chi connectivity index (χ2n) is 17.7. The third-order valence-corrected chi connectivity index (χ3v) is 13.4. The van der Waals surface area contributed by atoms with Crippen LogP contribution >= 0.6 is 0 Å². The first-order valence-corrected chi connectivity index (χ1v) is 21.5. The molecule has 4 heteroatoms. The summed E-state index contributed by atoms with van der Waals surface area (Å²) in [5, 5.41) is 2.22. The van der Waals surface area contributed by atoms with Crippen LogP contribution in [0.5, 0.6) is 0 Å². The Balaban J connectivity index is 0.973. The number of para-hydroxylation sites is 5. The molecule has 0 radical (unpaired) electrons. The molecule has 4 nitrogen and oxygen atoms in total. The molecule has 10 aromatic rings. The average Bonchev–Trinajstić information content (AvgIpc) is 4.02. The van der Waals surface area contributed by atoms with Crippen molar-refractivity contribution in [1.29, 1.82) is 0 Å². The van der Waals surface area contributed by atoms with Crippen molar-refractivity contribution in [2.45, 2.75) is 38.5 Å². The standard InChI is InChI=1S/C58H44N2O2/c1-57(2)47-35-40(59(38-21-10-6-11-22-38)49-28-16-14-25-42(49)37-19-8-5-9-20-37)31-33-45(47)55-52(57)53-56(62-55)46-34-32-41(36-48(46)58(53,3)4)60(39-23-12-7-13-24-39)50-29-18-27-44-43-26-15-17-30-51(43)61-54(44)50/h5-36H,1-4H3. The lowest BCUT2D eigenvalue weighted by molar-refractivity contribution is 0.592. The van der Waals surface area contributed by atoms with Crippen molar-refractivity contribution < 1.29 is 8.83 Å². The first-order valence-electron chi connectivity index (χ1n) is 21.5. The molecule has 0 unspecified atom stereocenters. The van der Waals surface area contributed by atoms with E-state index in [-0.39, 0.29) is 10.8 Å². The van der Waals surface area contributed by atoms with Gasteiger partial charge in [-0.25, -0.2) is 0 Å². The fraction of sp³-hybridized carbons (Fsp3) is 0.103. The molecule has 8 aromatic carbocycles. The quantitative estimate of drug-likeness (QED) is 0.161. The van der Waals surface area contributed by atoms with Crippen LogP contribution in [0.25, 0.3) is 55.7 Å². The SMILES string of the molecule is CC1(C)c2cc(N(c3ccccc3)c3ccccc3-c3ccccc3)ccc2-c2oc3c(c21)C(C)(C)c1cc(N(c2ccccc2)c2cccc4c2oc2ccccc24)ccc1-3. The summed E-state index contributed by atoms with van der Waals surface area (Å²) >= 11 is 0. The van der Waals surface area contributed by atoms with E-state index in [1.54, 1.807) is 0 Å². The molecule has 2 heterocycles. The molecular weight excluding hydrogens is 757 g/mol. The van der Waals surface area contributed by atoms with Crippen LogP contribution in [0.1, 0.15) is 49.9 Å². The summed E-state index contributed by atoms with van der Waals surface area (Å²) in [4.78, 5) is 4.73. The number of benzene rings is 8. The number of rotatable bonds is 7. The van der Waals surface area contributed by atoms with E-state index >= 15 is 0 Å². The Bertz CT molecular complexity index is 3360. The van der Waals surface area contributed by atoms with Crippen LogP contribution in [0, 0.1) is 0 Å². The van der Waals surface area contributed by atoms with Gasteiger partial charge in [0.25, 0.3) is 0 Å². The molecule has 0 N–H and O–H groups in total. The van der Waals surface area contributed by atoms with Gasteiger partial charge in [0, 0.05) is 72.2 Å². The van der Waals surface area contributed by atoms with Gasteiger partial charge >= 0.3 is 0 Å². The van der Waals surface area contributed by atoms with E-state index in [1.165, 1.54) is 33.4 Å². The van der Waals surface area contributed by atoms with Crippen molar-refractivity contribution in [2.24, 2.45) is 0 Å². The molecule has 0 bridgehead atoms. The minimum absolute atomic E-state index is 0.325. The average molecular weight is 801 g/mol. The van der Waals surface area contributed by atoms with Crippen molar-refractivity contribution >= 4 is 56.1 Å². The fourth-order valence-electron chi connectivity index (χ4n) is 10.5. The lowest BCUT2D eigenvalue weighted by Crippen LogP contribution is -2.23. The number of hydrogen-bond donors (Lipinski definition) is 0. The zero-order valence-corrected chi connectivity index (χ0v) is 35.2. The summed E-state index contributed by atoms with van der Waals surface area (Å²) in [6.07, 6.45) is 0. The normalized spacial score (nSPS) is 14.1. The van der Waals surface area contributed by atoms with Crippen molar-refractivity contribution in [2.75, 3.05) is 9.80 Å². The molecule has 0 spiro atoms. The van der Waals surface area contributed by atoms with E-state index in [0.29, 0.717) is 0 Å². The predicted molar refractivity (Wildman–Crippen MR) is 256 cm³/mol. The maximum absolute atomic E-state index is 7.16. The van der Waals surface area contributed by atoms with Gasteiger partial charge in [-0.15, -0.1) is 0 Å². The van der Waals surface area contributed by atoms with Gasteiger partial charge in [0.2, 0.25) is 0 Å². The van der Waals surface area contributed by atoms with E-state index in [1.807, 2.05) is 12.1 Å². The summed E-state index contributed by atoms with van der Waals surface area (Å²) < 4.78 is 13.8. The van der Waals surface area contributed by atoms with Crippen LogP contribution in [-0.2, 0) is 10.8 Å². The van der Waals surface area contributed by atoms with E-state index in [0.717, 1.165) is 78.7 Å². The molecule has 0 saturated heterocycles. The van der Waals surface area contributed by atoms with Crippen LogP contribution in [-0.4, -0.2) is 0 Å². The second-order valence-corrected chi connectivity index (χ2v) is 17.7. The van der Waals surface area contributed by atoms with Gasteiger partial charge in [-0.2, -0.15) is 0 Å². The first kappa shape index (κ1) is 36.3. The van der Waals surface area contributed by atoms with Gasteiger partial charge in [-0.05, 0) is 95.6 Å². The molecule has 2 aliphatic carbocycles. The molecule has 2 aliphatic rings. The third-order valence-electron chi connectivity index (χ3n) is 13.4. The molecule has 0 fully saturated rings. The minimum atomic E-state index is -0.335. The monoisotopic (exact) mass is 800 g/mol. The van der Waals surface area contributed by atoms with E-state index in [9.17, 15) is 0 Å². The van der Waals surface area contributed by atoms with Gasteiger partial charge < -0.3 is 18.6 Å². The Morgan fingerprint density at radius 1 is 0.371 bits per heavy atom. The lowest BCUT2D eigenvalue weighted by atomic mass is 9.74. The minimum Gasteiger partial charge on any atom is -0.455 e. The Labute approximate surface area is 361 Å². The number of furan rings is 2. The maximum Gasteiger partial charge on any atom is 0.159 e. The molecule has 2 aromatic heterocycles. The smallest absolute Gasteiger partial charge is 0.159 e. The van der Waals surface area contributed by atoms with E-state index in [2.05, 4.69) is 219 Å². The van der Waals surface area contributed by atoms with Crippen molar-refractivity contribution in [3.8, 4) is 33.8 Å². The van der Waals surface area contributed by atoms with Crippen LogP contribution in [0.15, 0.2) is 203 Å². The Morgan fingerprint density at radius 2 is 0.855 bits per heavy atom. The molecule has 12 rings (SSSR count). The van der Waals surface area contributed by atoms with Gasteiger partial charge in [0.1, 0.15) is 17.1 Å². The molecule has 0 atom stereocenters. The Kier molecular flexibility index (Phi) is 7.89. The lowest BCUT2D eigenvalue weighted by Gasteiger charge is -2.31. The topological polar surface area (TPSA) is 32.8 Å². The second kappa shape index (κ2) is 13.5. The third kappa shape index (κ3) is 5.26. The van der Waals surface area contributed by atoms with Gasteiger partial charge in [-0.1, -0.05) is 143 Å². The van der Waals surface area contributed by atoms with Crippen molar-refractivity contribution in [1.82, 2.24) is 0 Å². The Hall–Kier alpha value is -7.56. The number of fused-ring (bicyclic) bond motifs is 10. The van der Waals surface area contributed by atoms with E-state index in [4.69, 9.17) is 8.83 Å². The molecule has 0 amide bonds. The summed E-state index contributed by atoms with van der Waals surface area (Å²) in [5.41, 5.74) is 17.4. The highest BCUT2D eigenvalue weighted by Crippen LogP contribution is 2.62. The largest absolute Gasteiger partial charge is 0.455 e. The Morgan fingerprint density at radius 3 is 1.47 bits per heavy atom. The zero-order valence-electron chi connectivity index (χ0n) is 35.2. The summed E-state index contributed by atoms with van der Waals surface area (Å²) in [7, 11) is 0. The van der Waals surface area contributed by atoms with E-state index < -0.39 is 0 Å². The number of hydrogen-bond acceptors (Lipinski definition) is 4. The fourth-order valence-corrected chi connectivity index (χ4v) is 10.5. The summed E-state index contributed by atoms with van der Waals surface area (Å²) in [6, 6.07) is 69.3. The van der Waals surface area contributed by atoms with Gasteiger partial charge in [-0.3, -0.25) is 0 Å². The molecule has 62 heavy (non-hydrogen) atoms. The molecule has 0 aliphatic heterocycles. The predicted octanol–water partition coefficient (Wildman–Crippen LogP) is 16.4. The first-order chi connectivity index (χ1) is 30.3. The van der Waals surface area contributed by atoms with Crippen LogP contribution in [0.2, 0.25) is 0 Å². The van der Waals surface area contributed by atoms with Crippen LogP contribution in [0.3, 0.4) is 0 Å². The van der Waals surface area contributed by atoms with Crippen molar-refractivity contribution in [3.63, 3.8) is 0 Å². The zero-order chi connectivity index (χ0) is 41.7. The molecule has 0 saturated carbocycles. The molecular formula is C58H44N2O2. The van der Waals surface area contributed by atoms with Gasteiger partial charge in [0.05, 0.1) is 11.4 Å². The van der Waals surface area contributed by atoms with Gasteiger partial charge in [0.15, 0.2) is 5.58 Å². The summed E-state index contributed by atoms with van der Waals surface area (Å²) in [6.45, 7) is 9.48. The highest BCUT2D eigenvalue weighted by molar-refractivity contribution is 6.10. The van der Waals surface area contributed by atoms with Crippen molar-refractivity contribution in [3.05, 3.63) is 216 Å².